The third-order valence-electron chi connectivity index (χ3n) is 4.05. The fraction of sp³-hybridized carbons (Fsp3) is 0.571. The molecule has 0 bridgehead atoms. The summed E-state index contributed by atoms with van der Waals surface area (Å²) in [6.45, 7) is 0.896. The number of rotatable bonds is 2. The maximum Gasteiger partial charge on any atom is 0.416 e. The van der Waals surface area contributed by atoms with E-state index in [0.29, 0.717) is 11.6 Å². The molecule has 1 saturated carbocycles. The Bertz CT molecular complexity index is 468. The largest absolute Gasteiger partial charge is 0.416 e. The van der Waals surface area contributed by atoms with Gasteiger partial charge in [0.2, 0.25) is 0 Å². The third kappa shape index (κ3) is 2.49. The second-order valence-corrected chi connectivity index (χ2v) is 5.49. The molecule has 2 atom stereocenters. The Labute approximate surface area is 110 Å². The van der Waals surface area contributed by atoms with Crippen molar-refractivity contribution in [2.24, 2.45) is 5.73 Å². The third-order valence-corrected chi connectivity index (χ3v) is 4.05. The molecular formula is C14H17F3N2. The Kier molecular flexibility index (Phi) is 3.06. The fourth-order valence-corrected chi connectivity index (χ4v) is 2.99. The lowest BCUT2D eigenvalue weighted by Crippen LogP contribution is -2.33. The Morgan fingerprint density at radius 1 is 1.16 bits per heavy atom. The van der Waals surface area contributed by atoms with Crippen LogP contribution in [0.25, 0.3) is 0 Å². The molecule has 1 heterocycles. The van der Waals surface area contributed by atoms with Gasteiger partial charge in [0, 0.05) is 18.6 Å². The summed E-state index contributed by atoms with van der Waals surface area (Å²) >= 11 is 0. The minimum atomic E-state index is -4.29. The minimum absolute atomic E-state index is 0.0604. The van der Waals surface area contributed by atoms with Gasteiger partial charge in [-0.1, -0.05) is 12.1 Å². The van der Waals surface area contributed by atoms with E-state index in [-0.39, 0.29) is 12.1 Å². The standard InChI is InChI=1S/C14H17F3N2/c15-14(16,17)10-3-1-2-9(8-10)13-12(18)6-7-19(13)11-4-5-11/h1-3,8,11-13H,4-7,18H2. The van der Waals surface area contributed by atoms with Crippen molar-refractivity contribution in [3.63, 3.8) is 0 Å². The van der Waals surface area contributed by atoms with Gasteiger partial charge < -0.3 is 5.73 Å². The predicted molar refractivity (Wildman–Crippen MR) is 66.5 cm³/mol. The quantitative estimate of drug-likeness (QED) is 0.895. The van der Waals surface area contributed by atoms with Gasteiger partial charge in [-0.25, -0.2) is 0 Å². The van der Waals surface area contributed by atoms with Crippen molar-refractivity contribution in [3.8, 4) is 0 Å². The van der Waals surface area contributed by atoms with Crippen molar-refractivity contribution in [1.82, 2.24) is 4.90 Å². The number of halogens is 3. The summed E-state index contributed by atoms with van der Waals surface area (Å²) in [5, 5.41) is 0. The van der Waals surface area contributed by atoms with Crippen molar-refractivity contribution < 1.29 is 13.2 Å². The molecule has 1 aromatic carbocycles. The molecule has 2 fully saturated rings. The predicted octanol–water partition coefficient (Wildman–Crippen LogP) is 2.94. The van der Waals surface area contributed by atoms with E-state index < -0.39 is 11.7 Å². The van der Waals surface area contributed by atoms with Crippen molar-refractivity contribution >= 4 is 0 Å². The second-order valence-electron chi connectivity index (χ2n) is 5.49. The van der Waals surface area contributed by atoms with Crippen LogP contribution in [0.1, 0.15) is 36.4 Å². The van der Waals surface area contributed by atoms with Gasteiger partial charge in [0.25, 0.3) is 0 Å². The van der Waals surface area contributed by atoms with Gasteiger partial charge in [-0.3, -0.25) is 4.90 Å². The summed E-state index contributed by atoms with van der Waals surface area (Å²) in [4.78, 5) is 2.28. The summed E-state index contributed by atoms with van der Waals surface area (Å²) in [5.41, 5.74) is 6.22. The highest BCUT2D eigenvalue weighted by molar-refractivity contribution is 5.30. The highest BCUT2D eigenvalue weighted by Gasteiger charge is 2.42. The highest BCUT2D eigenvalue weighted by atomic mass is 19.4. The Morgan fingerprint density at radius 2 is 1.89 bits per heavy atom. The van der Waals surface area contributed by atoms with E-state index in [9.17, 15) is 13.2 Å². The summed E-state index contributed by atoms with van der Waals surface area (Å²) < 4.78 is 38.3. The normalized spacial score (nSPS) is 28.8. The van der Waals surface area contributed by atoms with Gasteiger partial charge in [-0.15, -0.1) is 0 Å². The maximum atomic E-state index is 12.8. The first-order valence-corrected chi connectivity index (χ1v) is 6.65. The zero-order valence-electron chi connectivity index (χ0n) is 10.5. The molecule has 2 aliphatic rings. The van der Waals surface area contributed by atoms with Crippen molar-refractivity contribution in [2.75, 3.05) is 6.54 Å². The van der Waals surface area contributed by atoms with Crippen LogP contribution in [0, 0.1) is 0 Å². The molecule has 1 aromatic rings. The molecule has 0 spiro atoms. The van der Waals surface area contributed by atoms with E-state index in [2.05, 4.69) is 4.90 Å². The number of nitrogens with zero attached hydrogens (tertiary/aromatic N) is 1. The van der Waals surface area contributed by atoms with Crippen LogP contribution in [0.15, 0.2) is 24.3 Å². The summed E-state index contributed by atoms with van der Waals surface area (Å²) in [5.74, 6) is 0. The Hall–Kier alpha value is -1.07. The highest BCUT2D eigenvalue weighted by Crippen LogP contribution is 2.41. The lowest BCUT2D eigenvalue weighted by atomic mass is 9.98. The molecule has 2 N–H and O–H groups in total. The molecule has 19 heavy (non-hydrogen) atoms. The summed E-state index contributed by atoms with van der Waals surface area (Å²) in [6, 6.07) is 6.01. The van der Waals surface area contributed by atoms with Crippen molar-refractivity contribution in [3.05, 3.63) is 35.4 Å². The lowest BCUT2D eigenvalue weighted by molar-refractivity contribution is -0.137. The van der Waals surface area contributed by atoms with Crippen LogP contribution in [-0.2, 0) is 6.18 Å². The van der Waals surface area contributed by atoms with Crippen LogP contribution in [0.2, 0.25) is 0 Å². The summed E-state index contributed by atoms with van der Waals surface area (Å²) in [7, 11) is 0. The average Bonchev–Trinajstić information content (AvgIpc) is 3.12. The second kappa shape index (κ2) is 4.49. The number of hydrogen-bond acceptors (Lipinski definition) is 2. The Balaban J connectivity index is 1.91. The van der Waals surface area contributed by atoms with E-state index in [1.54, 1.807) is 6.07 Å². The first-order chi connectivity index (χ1) is 8.97. The van der Waals surface area contributed by atoms with Crippen LogP contribution in [0.4, 0.5) is 13.2 Å². The zero-order valence-corrected chi connectivity index (χ0v) is 10.5. The molecular weight excluding hydrogens is 253 g/mol. The van der Waals surface area contributed by atoms with Crippen molar-refractivity contribution in [2.45, 2.75) is 43.6 Å². The van der Waals surface area contributed by atoms with E-state index in [4.69, 9.17) is 5.73 Å². The molecule has 1 aliphatic heterocycles. The minimum Gasteiger partial charge on any atom is -0.326 e. The molecule has 5 heteroatoms. The molecule has 1 aliphatic carbocycles. The number of hydrogen-bond donors (Lipinski definition) is 1. The SMILES string of the molecule is NC1CCN(C2CC2)C1c1cccc(C(F)(F)F)c1. The van der Waals surface area contributed by atoms with Crippen LogP contribution < -0.4 is 5.73 Å². The fourth-order valence-electron chi connectivity index (χ4n) is 2.99. The molecule has 2 unspecified atom stereocenters. The van der Waals surface area contributed by atoms with Crippen LogP contribution in [-0.4, -0.2) is 23.5 Å². The van der Waals surface area contributed by atoms with Gasteiger partial charge in [0.05, 0.1) is 11.6 Å². The molecule has 1 saturated heterocycles. The van der Waals surface area contributed by atoms with Gasteiger partial charge in [0.15, 0.2) is 0 Å². The van der Waals surface area contributed by atoms with Crippen LogP contribution in [0.3, 0.4) is 0 Å². The van der Waals surface area contributed by atoms with Gasteiger partial charge in [-0.05, 0) is 37.0 Å². The average molecular weight is 270 g/mol. The van der Waals surface area contributed by atoms with Crippen LogP contribution in [0.5, 0.6) is 0 Å². The van der Waals surface area contributed by atoms with Gasteiger partial charge >= 0.3 is 6.18 Å². The number of benzene rings is 1. The Morgan fingerprint density at radius 3 is 2.53 bits per heavy atom. The van der Waals surface area contributed by atoms with Gasteiger partial charge in [0.1, 0.15) is 0 Å². The first-order valence-electron chi connectivity index (χ1n) is 6.65. The molecule has 0 amide bonds. The zero-order chi connectivity index (χ0) is 13.6. The van der Waals surface area contributed by atoms with E-state index in [0.717, 1.165) is 31.9 Å². The van der Waals surface area contributed by atoms with Crippen molar-refractivity contribution in [1.29, 1.82) is 0 Å². The molecule has 104 valence electrons. The molecule has 2 nitrogen and oxygen atoms in total. The first kappa shape index (κ1) is 12.9. The smallest absolute Gasteiger partial charge is 0.326 e. The molecule has 0 aromatic heterocycles. The maximum absolute atomic E-state index is 12.8. The van der Waals surface area contributed by atoms with E-state index in [1.165, 1.54) is 12.1 Å². The van der Waals surface area contributed by atoms with Crippen LogP contribution >= 0.6 is 0 Å². The van der Waals surface area contributed by atoms with Gasteiger partial charge in [-0.2, -0.15) is 13.2 Å². The number of nitrogens with two attached hydrogens (primary N) is 1. The number of alkyl halides is 3. The topological polar surface area (TPSA) is 29.3 Å². The monoisotopic (exact) mass is 270 g/mol. The van der Waals surface area contributed by atoms with E-state index >= 15 is 0 Å². The van der Waals surface area contributed by atoms with E-state index in [1.807, 2.05) is 0 Å². The molecule has 0 radical (unpaired) electrons. The number of likely N-dealkylation sites (tertiary alicyclic amines) is 1. The molecule has 3 rings (SSSR count). The lowest BCUT2D eigenvalue weighted by Gasteiger charge is -2.27. The summed E-state index contributed by atoms with van der Waals surface area (Å²) in [6.07, 6.45) is -1.15.